The van der Waals surface area contributed by atoms with Gasteiger partial charge in [-0.15, -0.1) is 0 Å². The fourth-order valence-electron chi connectivity index (χ4n) is 3.59. The number of aliphatic hydroxyl groups excluding tert-OH is 1. The lowest BCUT2D eigenvalue weighted by Crippen LogP contribution is -2.21. The van der Waals surface area contributed by atoms with Gasteiger partial charge in [-0.25, -0.2) is 0 Å². The van der Waals surface area contributed by atoms with Crippen LogP contribution >= 0.6 is 0 Å². The maximum Gasteiger partial charge on any atom is 0.203 e. The van der Waals surface area contributed by atoms with Gasteiger partial charge in [-0.1, -0.05) is 12.1 Å². The molecule has 1 aromatic heterocycles. The number of ether oxygens (including phenoxy) is 3. The molecule has 6 nitrogen and oxygen atoms in total. The van der Waals surface area contributed by atoms with Gasteiger partial charge in [-0.2, -0.15) is 0 Å². The first kappa shape index (κ1) is 18.5. The summed E-state index contributed by atoms with van der Waals surface area (Å²) in [6, 6.07) is 9.76. The number of likely N-dealkylation sites (tertiary alicyclic amines) is 1. The molecular weight excluding hydrogens is 332 g/mol. The Hall–Kier alpha value is -2.31. The molecule has 1 aliphatic heterocycles. The summed E-state index contributed by atoms with van der Waals surface area (Å²) in [7, 11) is 4.84. The average molecular weight is 358 g/mol. The standard InChI is InChI=1S/C20H26N2O4/c1-24-18-8-7-14(19(25-2)20(18)26-3)11-22-12-15(17(23)13-22)10-16-6-4-5-9-21-16/h4-9,15,17,23H,10-13H2,1-3H3/t15-,17-/m1/s1. The topological polar surface area (TPSA) is 64.1 Å². The Morgan fingerprint density at radius 1 is 1.04 bits per heavy atom. The van der Waals surface area contributed by atoms with Crippen molar-refractivity contribution in [2.24, 2.45) is 5.92 Å². The third kappa shape index (κ3) is 3.92. The van der Waals surface area contributed by atoms with E-state index in [-0.39, 0.29) is 12.0 Å². The number of β-amino-alcohol motifs (C(OH)–C–C–N with tert-alkyl or cyclic N) is 1. The summed E-state index contributed by atoms with van der Waals surface area (Å²) in [6.07, 6.45) is 2.22. The van der Waals surface area contributed by atoms with Crippen LogP contribution in [-0.2, 0) is 13.0 Å². The van der Waals surface area contributed by atoms with Gasteiger partial charge < -0.3 is 19.3 Å². The molecule has 0 saturated carbocycles. The van der Waals surface area contributed by atoms with Crippen molar-refractivity contribution in [3.63, 3.8) is 0 Å². The van der Waals surface area contributed by atoms with E-state index in [2.05, 4.69) is 9.88 Å². The molecule has 1 N–H and O–H groups in total. The van der Waals surface area contributed by atoms with Gasteiger partial charge in [0.15, 0.2) is 11.5 Å². The molecule has 1 aromatic carbocycles. The molecule has 0 unspecified atom stereocenters. The Kier molecular flexibility index (Phi) is 5.96. The monoisotopic (exact) mass is 358 g/mol. The fourth-order valence-corrected chi connectivity index (χ4v) is 3.59. The van der Waals surface area contributed by atoms with E-state index in [1.165, 1.54) is 0 Å². The summed E-state index contributed by atoms with van der Waals surface area (Å²) in [5, 5.41) is 10.5. The van der Waals surface area contributed by atoms with E-state index in [1.807, 2.05) is 30.3 Å². The Morgan fingerprint density at radius 2 is 1.85 bits per heavy atom. The van der Waals surface area contributed by atoms with E-state index in [0.29, 0.717) is 30.3 Å². The van der Waals surface area contributed by atoms with Crippen molar-refractivity contribution in [3.05, 3.63) is 47.8 Å². The zero-order valence-electron chi connectivity index (χ0n) is 15.5. The van der Waals surface area contributed by atoms with E-state index in [9.17, 15) is 5.11 Å². The minimum atomic E-state index is -0.358. The van der Waals surface area contributed by atoms with E-state index >= 15 is 0 Å². The summed E-state index contributed by atoms with van der Waals surface area (Å²) < 4.78 is 16.4. The van der Waals surface area contributed by atoms with Crippen molar-refractivity contribution in [3.8, 4) is 17.2 Å². The van der Waals surface area contributed by atoms with Crippen LogP contribution in [0.4, 0.5) is 0 Å². The van der Waals surface area contributed by atoms with Gasteiger partial charge in [0, 0.05) is 43.0 Å². The van der Waals surface area contributed by atoms with Gasteiger partial charge in [-0.05, 0) is 24.6 Å². The molecule has 0 aliphatic carbocycles. The molecule has 140 valence electrons. The molecule has 2 heterocycles. The second kappa shape index (κ2) is 8.38. The molecular formula is C20H26N2O4. The third-order valence-corrected chi connectivity index (χ3v) is 4.86. The maximum absolute atomic E-state index is 10.5. The first-order chi connectivity index (χ1) is 12.7. The molecule has 0 spiro atoms. The van der Waals surface area contributed by atoms with Crippen LogP contribution in [0.1, 0.15) is 11.3 Å². The van der Waals surface area contributed by atoms with Crippen LogP contribution in [0, 0.1) is 5.92 Å². The number of nitrogens with zero attached hydrogens (tertiary/aromatic N) is 2. The molecule has 2 aromatic rings. The normalized spacial score (nSPS) is 20.2. The van der Waals surface area contributed by atoms with Crippen LogP contribution in [0.25, 0.3) is 0 Å². The number of benzene rings is 1. The Balaban J connectivity index is 1.72. The van der Waals surface area contributed by atoms with Crippen molar-refractivity contribution < 1.29 is 19.3 Å². The first-order valence-electron chi connectivity index (χ1n) is 8.74. The number of hydrogen-bond donors (Lipinski definition) is 1. The quantitative estimate of drug-likeness (QED) is 0.818. The molecule has 0 amide bonds. The summed E-state index contributed by atoms with van der Waals surface area (Å²) in [5.41, 5.74) is 2.03. The van der Waals surface area contributed by atoms with E-state index in [4.69, 9.17) is 14.2 Å². The highest BCUT2D eigenvalue weighted by molar-refractivity contribution is 5.55. The minimum absolute atomic E-state index is 0.177. The van der Waals surface area contributed by atoms with Gasteiger partial charge in [-0.3, -0.25) is 9.88 Å². The predicted octanol–water partition coefficient (Wildman–Crippen LogP) is 2.14. The lowest BCUT2D eigenvalue weighted by atomic mass is 10.00. The summed E-state index contributed by atoms with van der Waals surface area (Å²) in [6.45, 7) is 2.13. The van der Waals surface area contributed by atoms with Crippen LogP contribution in [0.3, 0.4) is 0 Å². The summed E-state index contributed by atoms with van der Waals surface area (Å²) in [4.78, 5) is 6.61. The SMILES string of the molecule is COc1ccc(CN2C[C@@H](Cc3ccccn3)[C@H](O)C2)c(OC)c1OC. The highest BCUT2D eigenvalue weighted by atomic mass is 16.5. The molecule has 1 saturated heterocycles. The molecule has 0 bridgehead atoms. The van der Waals surface area contributed by atoms with Gasteiger partial charge in [0.2, 0.25) is 5.75 Å². The predicted molar refractivity (Wildman–Crippen MR) is 98.8 cm³/mol. The molecule has 1 fully saturated rings. The van der Waals surface area contributed by atoms with Crippen LogP contribution in [-0.4, -0.2) is 55.5 Å². The van der Waals surface area contributed by atoms with Crippen molar-refractivity contribution in [2.45, 2.75) is 19.1 Å². The number of hydrogen-bond acceptors (Lipinski definition) is 6. The highest BCUT2D eigenvalue weighted by Gasteiger charge is 2.32. The van der Waals surface area contributed by atoms with Crippen molar-refractivity contribution in [1.82, 2.24) is 9.88 Å². The molecule has 26 heavy (non-hydrogen) atoms. The van der Waals surface area contributed by atoms with Crippen molar-refractivity contribution in [2.75, 3.05) is 34.4 Å². The van der Waals surface area contributed by atoms with Gasteiger partial charge in [0.25, 0.3) is 0 Å². The van der Waals surface area contributed by atoms with E-state index < -0.39 is 0 Å². The number of aliphatic hydroxyl groups is 1. The lowest BCUT2D eigenvalue weighted by Gasteiger charge is -2.20. The number of methoxy groups -OCH3 is 3. The fraction of sp³-hybridized carbons (Fsp3) is 0.450. The Morgan fingerprint density at radius 3 is 2.50 bits per heavy atom. The van der Waals surface area contributed by atoms with Gasteiger partial charge >= 0.3 is 0 Å². The zero-order valence-corrected chi connectivity index (χ0v) is 15.5. The van der Waals surface area contributed by atoms with Crippen LogP contribution in [0.15, 0.2) is 36.5 Å². The minimum Gasteiger partial charge on any atom is -0.493 e. The smallest absolute Gasteiger partial charge is 0.203 e. The van der Waals surface area contributed by atoms with Gasteiger partial charge in [0.1, 0.15) is 0 Å². The second-order valence-electron chi connectivity index (χ2n) is 6.54. The highest BCUT2D eigenvalue weighted by Crippen LogP contribution is 2.40. The zero-order chi connectivity index (χ0) is 18.5. The van der Waals surface area contributed by atoms with Crippen LogP contribution in [0.5, 0.6) is 17.2 Å². The van der Waals surface area contributed by atoms with Crippen LogP contribution < -0.4 is 14.2 Å². The number of aromatic nitrogens is 1. The van der Waals surface area contributed by atoms with Crippen molar-refractivity contribution >= 4 is 0 Å². The second-order valence-corrected chi connectivity index (χ2v) is 6.54. The third-order valence-electron chi connectivity index (χ3n) is 4.86. The van der Waals surface area contributed by atoms with E-state index in [0.717, 1.165) is 24.2 Å². The summed E-state index contributed by atoms with van der Waals surface area (Å²) in [5.74, 6) is 2.09. The van der Waals surface area contributed by atoms with Crippen molar-refractivity contribution in [1.29, 1.82) is 0 Å². The largest absolute Gasteiger partial charge is 0.493 e. The molecule has 2 atom stereocenters. The maximum atomic E-state index is 10.5. The molecule has 3 rings (SSSR count). The summed E-state index contributed by atoms with van der Waals surface area (Å²) >= 11 is 0. The Bertz CT molecular complexity index is 723. The number of rotatable bonds is 7. The molecule has 1 aliphatic rings. The lowest BCUT2D eigenvalue weighted by molar-refractivity contribution is 0.140. The number of pyridine rings is 1. The molecule has 6 heteroatoms. The van der Waals surface area contributed by atoms with Crippen LogP contribution in [0.2, 0.25) is 0 Å². The Labute approximate surface area is 154 Å². The average Bonchev–Trinajstić information content (AvgIpc) is 3.00. The van der Waals surface area contributed by atoms with Gasteiger partial charge in [0.05, 0.1) is 27.4 Å². The van der Waals surface area contributed by atoms with E-state index in [1.54, 1.807) is 27.5 Å². The molecule has 0 radical (unpaired) electrons. The first-order valence-corrected chi connectivity index (χ1v) is 8.74.